The summed E-state index contributed by atoms with van der Waals surface area (Å²) in [7, 11) is 0. The number of halogens is 5. The first-order valence-electron chi connectivity index (χ1n) is 9.21. The Morgan fingerprint density at radius 3 is 2.54 bits per heavy atom. The maximum absolute atomic E-state index is 13.5. The molecule has 0 spiro atoms. The van der Waals surface area contributed by atoms with Crippen molar-refractivity contribution in [2.24, 2.45) is 0 Å². The summed E-state index contributed by atoms with van der Waals surface area (Å²) in [6, 6.07) is 4.93. The van der Waals surface area contributed by atoms with Gasteiger partial charge in [0.05, 0.1) is 10.7 Å². The zero-order chi connectivity index (χ0) is 20.5. The topological polar surface area (TPSA) is 32.3 Å². The summed E-state index contributed by atoms with van der Waals surface area (Å²) in [6.45, 7) is 5.66. The van der Waals surface area contributed by atoms with Crippen LogP contribution in [0.15, 0.2) is 18.2 Å². The zero-order valence-electron chi connectivity index (χ0n) is 15.7. The van der Waals surface area contributed by atoms with Gasteiger partial charge in [-0.2, -0.15) is 13.2 Å². The lowest BCUT2D eigenvalue weighted by Crippen LogP contribution is -2.28. The van der Waals surface area contributed by atoms with Gasteiger partial charge in [-0.15, -0.1) is 0 Å². The summed E-state index contributed by atoms with van der Waals surface area (Å²) in [5.74, 6) is -0.509. The Balaban J connectivity index is 2.13. The van der Waals surface area contributed by atoms with Gasteiger partial charge in [0, 0.05) is 30.2 Å². The van der Waals surface area contributed by atoms with E-state index in [0.717, 1.165) is 18.4 Å². The highest BCUT2D eigenvalue weighted by molar-refractivity contribution is 6.36. The molecule has 2 aromatic rings. The Bertz CT molecular complexity index is 858. The van der Waals surface area contributed by atoms with E-state index < -0.39 is 12.0 Å². The molecule has 1 aromatic carbocycles. The van der Waals surface area contributed by atoms with Crippen LogP contribution in [-0.4, -0.2) is 29.6 Å². The van der Waals surface area contributed by atoms with Crippen molar-refractivity contribution in [2.45, 2.75) is 39.3 Å². The van der Waals surface area contributed by atoms with Crippen LogP contribution in [0.4, 0.5) is 30.5 Å². The Morgan fingerprint density at radius 1 is 1.18 bits per heavy atom. The van der Waals surface area contributed by atoms with Crippen molar-refractivity contribution >= 4 is 40.5 Å². The van der Waals surface area contributed by atoms with Gasteiger partial charge < -0.3 is 9.80 Å². The van der Waals surface area contributed by atoms with Crippen LogP contribution in [0.1, 0.15) is 38.1 Å². The minimum Gasteiger partial charge on any atom is -0.356 e. The normalized spacial score (nSPS) is 13.8. The van der Waals surface area contributed by atoms with Crippen LogP contribution >= 0.6 is 23.2 Å². The van der Waals surface area contributed by atoms with Crippen LogP contribution < -0.4 is 9.80 Å². The average Bonchev–Trinajstić information content (AvgIpc) is 3.05. The molecule has 0 radical (unpaired) electrons. The summed E-state index contributed by atoms with van der Waals surface area (Å²) in [4.78, 5) is 11.4. The summed E-state index contributed by atoms with van der Waals surface area (Å²) in [5.41, 5.74) is 1.30. The number of anilines is 3. The molecule has 1 aromatic heterocycles. The molecule has 4 nitrogen and oxygen atoms in total. The minimum absolute atomic E-state index is 0.261. The molecule has 1 aliphatic heterocycles. The van der Waals surface area contributed by atoms with E-state index in [1.54, 1.807) is 23.1 Å². The van der Waals surface area contributed by atoms with Crippen molar-refractivity contribution in [2.75, 3.05) is 29.4 Å². The van der Waals surface area contributed by atoms with Crippen LogP contribution in [0.25, 0.3) is 0 Å². The number of hydrogen-bond donors (Lipinski definition) is 0. The number of rotatable bonds is 6. The van der Waals surface area contributed by atoms with Gasteiger partial charge in [-0.3, -0.25) is 0 Å². The maximum Gasteiger partial charge on any atom is 0.451 e. The van der Waals surface area contributed by atoms with E-state index in [2.05, 4.69) is 9.97 Å². The molecular weight excluding hydrogens is 412 g/mol. The largest absolute Gasteiger partial charge is 0.451 e. The van der Waals surface area contributed by atoms with E-state index in [1.165, 1.54) is 0 Å². The van der Waals surface area contributed by atoms with Gasteiger partial charge in [0.1, 0.15) is 11.6 Å². The fourth-order valence-corrected chi connectivity index (χ4v) is 3.83. The molecule has 0 amide bonds. The second-order valence-corrected chi connectivity index (χ2v) is 7.44. The Kier molecular flexibility index (Phi) is 6.25. The van der Waals surface area contributed by atoms with Crippen LogP contribution in [0.3, 0.4) is 0 Å². The second-order valence-electron chi connectivity index (χ2n) is 6.60. The molecule has 3 rings (SSSR count). The summed E-state index contributed by atoms with van der Waals surface area (Å²) >= 11 is 12.3. The first kappa shape index (κ1) is 21.0. The Morgan fingerprint density at radius 2 is 1.93 bits per heavy atom. The van der Waals surface area contributed by atoms with E-state index in [1.807, 2.05) is 18.7 Å². The highest BCUT2D eigenvalue weighted by Crippen LogP contribution is 2.42. The molecule has 152 valence electrons. The van der Waals surface area contributed by atoms with Crippen LogP contribution in [-0.2, 0) is 12.6 Å². The maximum atomic E-state index is 13.5. The first-order chi connectivity index (χ1) is 13.3. The lowest BCUT2D eigenvalue weighted by Gasteiger charge is -2.26. The van der Waals surface area contributed by atoms with Gasteiger partial charge in [-0.05, 0) is 38.0 Å². The molecule has 0 N–H and O–H groups in total. The molecular formula is C19H21Cl2F3N4. The van der Waals surface area contributed by atoms with Gasteiger partial charge in [0.25, 0.3) is 0 Å². The zero-order valence-corrected chi connectivity index (χ0v) is 17.2. The summed E-state index contributed by atoms with van der Waals surface area (Å²) in [5, 5.41) is 0.830. The fraction of sp³-hybridized carbons (Fsp3) is 0.474. The fourth-order valence-electron chi connectivity index (χ4n) is 3.32. The third kappa shape index (κ3) is 4.15. The molecule has 0 atom stereocenters. The molecule has 0 saturated heterocycles. The molecule has 0 unspecified atom stereocenters. The van der Waals surface area contributed by atoms with Crippen molar-refractivity contribution in [3.8, 4) is 0 Å². The Hall–Kier alpha value is -1.73. The third-order valence-corrected chi connectivity index (χ3v) is 5.26. The van der Waals surface area contributed by atoms with Crippen molar-refractivity contribution in [1.82, 2.24) is 9.97 Å². The standard InChI is InChI=1S/C19H21Cl2F3N4/c1-3-5-9-27(4-2)16-13-8-10-28(15-7-6-12(20)11-14(15)21)17(13)26-18(25-16)19(22,23)24/h6-7,11H,3-5,8-10H2,1-2H3. The van der Waals surface area contributed by atoms with Crippen molar-refractivity contribution in [3.63, 3.8) is 0 Å². The van der Waals surface area contributed by atoms with E-state index >= 15 is 0 Å². The number of fused-ring (bicyclic) bond motifs is 1. The van der Waals surface area contributed by atoms with Crippen LogP contribution in [0.2, 0.25) is 10.0 Å². The van der Waals surface area contributed by atoms with E-state index in [0.29, 0.717) is 47.6 Å². The molecule has 0 aliphatic carbocycles. The number of aromatic nitrogens is 2. The van der Waals surface area contributed by atoms with E-state index in [9.17, 15) is 13.2 Å². The number of alkyl halides is 3. The predicted molar refractivity (Wildman–Crippen MR) is 107 cm³/mol. The number of unbranched alkanes of at least 4 members (excludes halogenated alkanes) is 1. The SMILES string of the molecule is CCCCN(CC)c1nc(C(F)(F)F)nc2c1CCN2c1ccc(Cl)cc1Cl. The monoisotopic (exact) mass is 432 g/mol. The van der Waals surface area contributed by atoms with E-state index in [4.69, 9.17) is 23.2 Å². The summed E-state index contributed by atoms with van der Waals surface area (Å²) < 4.78 is 40.5. The Labute approximate surface area is 172 Å². The van der Waals surface area contributed by atoms with Gasteiger partial charge in [0.15, 0.2) is 0 Å². The molecule has 28 heavy (non-hydrogen) atoms. The predicted octanol–water partition coefficient (Wildman–Crippen LogP) is 6.12. The van der Waals surface area contributed by atoms with Crippen LogP contribution in [0.5, 0.6) is 0 Å². The van der Waals surface area contributed by atoms with Gasteiger partial charge in [-0.1, -0.05) is 36.5 Å². The lowest BCUT2D eigenvalue weighted by molar-refractivity contribution is -0.144. The summed E-state index contributed by atoms with van der Waals surface area (Å²) in [6.07, 6.45) is -2.26. The smallest absolute Gasteiger partial charge is 0.356 e. The highest BCUT2D eigenvalue weighted by Gasteiger charge is 2.39. The van der Waals surface area contributed by atoms with Crippen LogP contribution in [0, 0.1) is 0 Å². The molecule has 0 bridgehead atoms. The quantitative estimate of drug-likeness (QED) is 0.549. The average molecular weight is 433 g/mol. The number of hydrogen-bond acceptors (Lipinski definition) is 4. The molecule has 1 aliphatic rings. The van der Waals surface area contributed by atoms with Crippen molar-refractivity contribution in [3.05, 3.63) is 39.6 Å². The minimum atomic E-state index is -4.63. The lowest BCUT2D eigenvalue weighted by atomic mass is 10.2. The van der Waals surface area contributed by atoms with Gasteiger partial charge >= 0.3 is 6.18 Å². The molecule has 0 fully saturated rings. The van der Waals surface area contributed by atoms with Crippen molar-refractivity contribution in [1.29, 1.82) is 0 Å². The number of nitrogens with zero attached hydrogens (tertiary/aromatic N) is 4. The second kappa shape index (κ2) is 8.33. The molecule has 2 heterocycles. The van der Waals surface area contributed by atoms with Crippen molar-refractivity contribution < 1.29 is 13.2 Å². The van der Waals surface area contributed by atoms with Gasteiger partial charge in [-0.25, -0.2) is 9.97 Å². The molecule has 0 saturated carbocycles. The number of benzene rings is 1. The van der Waals surface area contributed by atoms with E-state index in [-0.39, 0.29) is 5.82 Å². The molecule has 9 heteroatoms. The highest BCUT2D eigenvalue weighted by atomic mass is 35.5. The first-order valence-corrected chi connectivity index (χ1v) is 9.97. The van der Waals surface area contributed by atoms with Gasteiger partial charge in [0.2, 0.25) is 5.82 Å². The third-order valence-electron chi connectivity index (χ3n) is 4.72.